The summed E-state index contributed by atoms with van der Waals surface area (Å²) in [7, 11) is 0. The summed E-state index contributed by atoms with van der Waals surface area (Å²) in [6, 6.07) is 83.3. The van der Waals surface area contributed by atoms with Crippen molar-refractivity contribution in [2.24, 2.45) is 0 Å². The Hall–Kier alpha value is -11.2. The van der Waals surface area contributed by atoms with Crippen molar-refractivity contribution in [1.82, 2.24) is 0 Å². The highest BCUT2D eigenvalue weighted by atomic mass is 32.1. The lowest BCUT2D eigenvalue weighted by molar-refractivity contribution is 0.641. The first-order valence-electron chi connectivity index (χ1n) is 28.4. The van der Waals surface area contributed by atoms with Crippen molar-refractivity contribution in [2.75, 3.05) is 9.80 Å². The molecule has 1 aliphatic rings. The molecule has 0 saturated carbocycles. The third-order valence-electron chi connectivity index (χ3n) is 16.1. The highest BCUT2D eigenvalue weighted by molar-refractivity contribution is 7.15. The van der Waals surface area contributed by atoms with E-state index in [9.17, 15) is 0 Å². The van der Waals surface area contributed by atoms with Crippen LogP contribution in [0.1, 0.15) is 71.5 Å². The molecule has 9 aromatic carbocycles. The Morgan fingerprint density at radius 1 is 0.349 bits per heavy atom. The van der Waals surface area contributed by atoms with Crippen molar-refractivity contribution in [3.63, 3.8) is 0 Å². The van der Waals surface area contributed by atoms with Crippen LogP contribution in [0.3, 0.4) is 0 Å². The number of nitrogens with zero attached hydrogens (tertiary/aromatic N) is 2. The van der Waals surface area contributed by atoms with Crippen LogP contribution >= 0.6 is 11.3 Å². The van der Waals surface area contributed by atoms with Crippen LogP contribution in [-0.2, 0) is 16.2 Å². The second-order valence-corrected chi connectivity index (χ2v) is 23.4. The third kappa shape index (κ3) is 11.6. The van der Waals surface area contributed by atoms with E-state index < -0.39 is 5.41 Å². The van der Waals surface area contributed by atoms with Crippen LogP contribution in [0.5, 0.6) is 0 Å². The summed E-state index contributed by atoms with van der Waals surface area (Å²) < 4.78 is 0. The lowest BCUT2D eigenvalue weighted by Gasteiger charge is -2.31. The molecule has 0 unspecified atom stereocenters. The van der Waals surface area contributed by atoms with Crippen LogP contribution in [0, 0.1) is 110 Å². The summed E-state index contributed by atoms with van der Waals surface area (Å²) in [6.45, 7) is 13.4. The number of fused-ring (bicyclic) bond motifs is 3. The van der Waals surface area contributed by atoms with E-state index in [4.69, 9.17) is 12.8 Å². The van der Waals surface area contributed by atoms with Crippen molar-refractivity contribution in [3.05, 3.63) is 274 Å². The van der Waals surface area contributed by atoms with Gasteiger partial charge in [0.05, 0.1) is 0 Å². The van der Waals surface area contributed by atoms with E-state index in [0.29, 0.717) is 0 Å². The van der Waals surface area contributed by atoms with Gasteiger partial charge in [-0.1, -0.05) is 179 Å². The Kier molecular flexibility index (Phi) is 16.3. The standard InChI is InChI=1S/C83H58N2S/c1-9-11-13-15-17-25-57-83(58-26-18-16-14-12-10-2)78-59-64(36-54-76(78)77-55-37-65(60-79(77)83)80-56-33-62(4)86-80)63-34-44-71(45-35-63)84(70-42-31-61(3)32-43-70)74-50-52-75(53-51-74)85(72-46-38-68(39-47-72)81(5,6)66-27-21-19-22-28-66)73-48-40-69(41-49-73)82(7,8)67-29-23-20-24-30-67/h1-2,19-24,27-56,59-60H,3-8H3. The molecule has 3 heteroatoms. The quantitative estimate of drug-likeness (QED) is 0.113. The van der Waals surface area contributed by atoms with E-state index in [1.54, 1.807) is 11.3 Å². The molecule has 2 nitrogen and oxygen atoms in total. The molecule has 0 radical (unpaired) electrons. The first kappa shape index (κ1) is 56.6. The highest BCUT2D eigenvalue weighted by Gasteiger charge is 2.42. The van der Waals surface area contributed by atoms with Gasteiger partial charge < -0.3 is 9.80 Å². The molecule has 10 aromatic rings. The monoisotopic (exact) mass is 1110 g/mol. The molecular formula is C83H58N2S. The van der Waals surface area contributed by atoms with E-state index in [2.05, 4.69) is 365 Å². The van der Waals surface area contributed by atoms with Crippen LogP contribution in [-0.4, -0.2) is 0 Å². The fourth-order valence-electron chi connectivity index (χ4n) is 11.3. The van der Waals surface area contributed by atoms with Crippen molar-refractivity contribution in [3.8, 4) is 128 Å². The van der Waals surface area contributed by atoms with Gasteiger partial charge in [-0.2, -0.15) is 0 Å². The van der Waals surface area contributed by atoms with E-state index in [-0.39, 0.29) is 10.8 Å². The Morgan fingerprint density at radius 2 is 0.698 bits per heavy atom. The molecule has 0 amide bonds. The van der Waals surface area contributed by atoms with Gasteiger partial charge in [-0.25, -0.2) is 0 Å². The van der Waals surface area contributed by atoms with Crippen molar-refractivity contribution in [1.29, 1.82) is 0 Å². The molecule has 0 N–H and O–H groups in total. The predicted molar refractivity (Wildman–Crippen MR) is 362 cm³/mol. The second kappa shape index (κ2) is 24.7. The van der Waals surface area contributed by atoms with E-state index >= 15 is 0 Å². The largest absolute Gasteiger partial charge is 0.311 e. The summed E-state index contributed by atoms with van der Waals surface area (Å²) in [5.41, 5.74) is 18.0. The number of hydrogen-bond donors (Lipinski definition) is 0. The van der Waals surface area contributed by atoms with E-state index in [1.807, 2.05) is 0 Å². The minimum absolute atomic E-state index is 0.183. The fraction of sp³-hybridized carbons (Fsp3) is 0.108. The zero-order valence-electron chi connectivity index (χ0n) is 48.9. The summed E-state index contributed by atoms with van der Waals surface area (Å²) in [4.78, 5) is 7.04. The second-order valence-electron chi connectivity index (χ2n) is 22.1. The van der Waals surface area contributed by atoms with E-state index in [0.717, 1.165) is 77.9 Å². The van der Waals surface area contributed by atoms with E-state index in [1.165, 1.54) is 32.7 Å². The number of hydrogen-bond acceptors (Lipinski definition) is 3. The molecule has 1 aliphatic carbocycles. The van der Waals surface area contributed by atoms with Crippen molar-refractivity contribution < 1.29 is 0 Å². The van der Waals surface area contributed by atoms with Gasteiger partial charge in [0.2, 0.25) is 0 Å². The Labute approximate surface area is 512 Å². The van der Waals surface area contributed by atoms with Gasteiger partial charge in [0.1, 0.15) is 5.41 Å². The lowest BCUT2D eigenvalue weighted by Crippen LogP contribution is -2.21. The first-order valence-corrected chi connectivity index (χ1v) is 29.2. The maximum absolute atomic E-state index is 5.39. The predicted octanol–water partition coefficient (Wildman–Crippen LogP) is 18.8. The van der Waals surface area contributed by atoms with Gasteiger partial charge in [-0.3, -0.25) is 0 Å². The molecule has 0 bridgehead atoms. The summed E-state index contributed by atoms with van der Waals surface area (Å²) in [5.74, 6) is 39.7. The fourth-order valence-corrected chi connectivity index (χ4v) is 12.2. The highest BCUT2D eigenvalue weighted by Crippen LogP contribution is 2.52. The van der Waals surface area contributed by atoms with Gasteiger partial charge in [0.15, 0.2) is 0 Å². The topological polar surface area (TPSA) is 6.48 Å². The molecule has 0 saturated heterocycles. The van der Waals surface area contributed by atoms with Crippen molar-refractivity contribution >= 4 is 45.5 Å². The molecule has 0 aliphatic heterocycles. The maximum Gasteiger partial charge on any atom is 0.145 e. The SMILES string of the molecule is C#CC#CC#CC#CC1(C#CC#CC#CC#C)c2cc(-c3ccc(N(c4ccc(C)cc4)c4ccc(N(c5ccc(C(C)(C)c6ccccc6)cc5)c5ccc(C(C)(C)c6ccccc6)cc5)cc4)cc3)ccc2-c2ccc(-c3ccc(C)s3)cc21. The Balaban J connectivity index is 0.974. The zero-order chi connectivity index (χ0) is 59.7. The third-order valence-corrected chi connectivity index (χ3v) is 17.2. The molecule has 1 aromatic heterocycles. The summed E-state index contributed by atoms with van der Waals surface area (Å²) >= 11 is 1.74. The Bertz CT molecular complexity index is 4500. The van der Waals surface area contributed by atoms with Gasteiger partial charge in [-0.15, -0.1) is 24.2 Å². The van der Waals surface area contributed by atoms with Crippen LogP contribution in [0.25, 0.3) is 32.7 Å². The molecule has 0 spiro atoms. The average molecular weight is 1120 g/mol. The van der Waals surface area contributed by atoms with Crippen molar-refractivity contribution in [2.45, 2.75) is 57.8 Å². The molecule has 1 heterocycles. The van der Waals surface area contributed by atoms with Gasteiger partial charge in [-0.05, 0) is 243 Å². The molecule has 0 atom stereocenters. The number of thiophene rings is 1. The van der Waals surface area contributed by atoms with Gasteiger partial charge in [0.25, 0.3) is 0 Å². The summed E-state index contributed by atoms with van der Waals surface area (Å²) in [5, 5.41) is 0. The Morgan fingerprint density at radius 3 is 1.12 bits per heavy atom. The number of rotatable bonds is 12. The number of terminal acetylenes is 2. The molecular weight excluding hydrogens is 1060 g/mol. The lowest BCUT2D eigenvalue weighted by atomic mass is 9.78. The van der Waals surface area contributed by atoms with Crippen LogP contribution in [0.4, 0.5) is 34.1 Å². The van der Waals surface area contributed by atoms with Crippen LogP contribution in [0.2, 0.25) is 0 Å². The van der Waals surface area contributed by atoms with Gasteiger partial charge >= 0.3 is 0 Å². The minimum Gasteiger partial charge on any atom is -0.311 e. The number of anilines is 6. The zero-order valence-corrected chi connectivity index (χ0v) is 49.7. The van der Waals surface area contributed by atoms with Gasteiger partial charge in [0, 0.05) is 54.7 Å². The first-order chi connectivity index (χ1) is 41.9. The molecule has 11 rings (SSSR count). The van der Waals surface area contributed by atoms with Crippen LogP contribution < -0.4 is 9.80 Å². The maximum atomic E-state index is 5.39. The molecule has 86 heavy (non-hydrogen) atoms. The smallest absolute Gasteiger partial charge is 0.145 e. The summed E-state index contributed by atoms with van der Waals surface area (Å²) in [6.07, 6.45) is 10.8. The minimum atomic E-state index is -1.12. The normalized spacial score (nSPS) is 11.3. The molecule has 406 valence electrons. The number of aryl methyl sites for hydroxylation is 2. The van der Waals surface area contributed by atoms with Crippen LogP contribution in [0.15, 0.2) is 231 Å². The average Bonchev–Trinajstić information content (AvgIpc) is 1.70. The molecule has 0 fully saturated rings. The number of benzene rings is 9.